The van der Waals surface area contributed by atoms with E-state index in [2.05, 4.69) is 19.7 Å². The summed E-state index contributed by atoms with van der Waals surface area (Å²) in [6.07, 6.45) is -3.36. The molecule has 0 aromatic carbocycles. The molecule has 8 atom stereocenters. The molecule has 0 unspecified atom stereocenters. The largest absolute Gasteiger partial charge is 0.458 e. The number of rotatable bonds is 2. The number of hydrogen-bond donors (Lipinski definition) is 2. The van der Waals surface area contributed by atoms with Crippen molar-refractivity contribution in [2.24, 2.45) is 17.8 Å². The molecule has 4 rings (SSSR count). The van der Waals surface area contributed by atoms with Gasteiger partial charge < -0.3 is 24.4 Å². The van der Waals surface area contributed by atoms with Gasteiger partial charge in [-0.25, -0.2) is 9.59 Å². The summed E-state index contributed by atoms with van der Waals surface area (Å²) in [6, 6.07) is 0. The molecule has 7 heteroatoms. The fraction of sp³-hybridized carbons (Fsp3) is 0.579. The van der Waals surface area contributed by atoms with Crippen LogP contribution in [0, 0.1) is 17.8 Å². The number of hydrogen-bond acceptors (Lipinski definition) is 7. The van der Waals surface area contributed by atoms with Crippen LogP contribution in [-0.2, 0) is 23.8 Å². The Balaban J connectivity index is 1.76. The SMILES string of the molecule is C=C(C)C(=O)O[C@H]1CC(=C)[C@@H]2[C@@H](O)[C@H](O)[C@]3(CO3)[C@@H]2[C@H]2OC(=O)C(=C)[C@@H]21. The number of carbonyl (C=O) groups excluding carboxylic acids is 2. The van der Waals surface area contributed by atoms with E-state index in [9.17, 15) is 19.8 Å². The van der Waals surface area contributed by atoms with Crippen LogP contribution in [0.25, 0.3) is 0 Å². The van der Waals surface area contributed by atoms with Crippen molar-refractivity contribution >= 4 is 11.9 Å². The van der Waals surface area contributed by atoms with Crippen molar-refractivity contribution in [3.05, 3.63) is 36.5 Å². The van der Waals surface area contributed by atoms with Crippen molar-refractivity contribution in [2.45, 2.75) is 43.4 Å². The van der Waals surface area contributed by atoms with Gasteiger partial charge in [0.05, 0.1) is 18.6 Å². The summed E-state index contributed by atoms with van der Waals surface area (Å²) in [5.41, 5.74) is 0.125. The van der Waals surface area contributed by atoms with Crippen molar-refractivity contribution in [3.63, 3.8) is 0 Å². The van der Waals surface area contributed by atoms with Crippen LogP contribution < -0.4 is 0 Å². The molecule has 2 N–H and O–H groups in total. The van der Waals surface area contributed by atoms with Crippen LogP contribution in [0.5, 0.6) is 0 Å². The maximum atomic E-state index is 12.2. The van der Waals surface area contributed by atoms with E-state index in [1.807, 2.05) is 0 Å². The average molecular weight is 362 g/mol. The molecule has 2 saturated heterocycles. The molecule has 7 nitrogen and oxygen atoms in total. The summed E-state index contributed by atoms with van der Waals surface area (Å²) in [6.45, 7) is 13.3. The van der Waals surface area contributed by atoms with Crippen LogP contribution in [0.4, 0.5) is 0 Å². The second kappa shape index (κ2) is 5.52. The number of esters is 2. The highest BCUT2D eigenvalue weighted by molar-refractivity contribution is 5.91. The maximum absolute atomic E-state index is 12.2. The summed E-state index contributed by atoms with van der Waals surface area (Å²) in [5.74, 6) is -2.71. The predicted molar refractivity (Wildman–Crippen MR) is 88.6 cm³/mol. The van der Waals surface area contributed by atoms with Crippen LogP contribution in [0.1, 0.15) is 13.3 Å². The molecule has 0 bridgehead atoms. The van der Waals surface area contributed by atoms with E-state index < -0.39 is 59.7 Å². The molecule has 4 aliphatic rings. The van der Waals surface area contributed by atoms with E-state index in [-0.39, 0.29) is 24.2 Å². The standard InChI is InChI=1S/C19H22O7/c1-7(2)17(22)25-10-5-8(3)11-13(15-12(10)9(4)18(23)26-15)19(6-24-19)16(21)14(11)20/h10-16,20-21H,1,3-6H2,2H3/t10-,11-,12+,13-,14+,15-,16-,19-/m0/s1. The molecule has 0 radical (unpaired) electrons. The quantitative estimate of drug-likeness (QED) is 0.314. The van der Waals surface area contributed by atoms with E-state index in [1.54, 1.807) is 6.92 Å². The van der Waals surface area contributed by atoms with Crippen LogP contribution in [-0.4, -0.2) is 58.8 Å². The van der Waals surface area contributed by atoms with Gasteiger partial charge in [-0.05, 0) is 6.92 Å². The van der Waals surface area contributed by atoms with Crippen LogP contribution in [0.2, 0.25) is 0 Å². The number of epoxide rings is 1. The van der Waals surface area contributed by atoms with Gasteiger partial charge in [0.15, 0.2) is 0 Å². The third-order valence-electron chi connectivity index (χ3n) is 6.18. The Bertz CT molecular complexity index is 734. The zero-order valence-electron chi connectivity index (χ0n) is 14.5. The molecule has 4 fully saturated rings. The number of carbonyl (C=O) groups is 2. The third kappa shape index (κ3) is 2.17. The summed E-state index contributed by atoms with van der Waals surface area (Å²) in [7, 11) is 0. The normalized spacial score (nSPS) is 46.4. The predicted octanol–water partition coefficient (Wildman–Crippen LogP) is 0.269. The number of ether oxygens (including phenoxy) is 3. The maximum Gasteiger partial charge on any atom is 0.334 e. The van der Waals surface area contributed by atoms with Crippen LogP contribution in [0.3, 0.4) is 0 Å². The van der Waals surface area contributed by atoms with Gasteiger partial charge >= 0.3 is 11.9 Å². The fourth-order valence-corrected chi connectivity index (χ4v) is 4.84. The minimum Gasteiger partial charge on any atom is -0.458 e. The van der Waals surface area contributed by atoms with Crippen molar-refractivity contribution in [2.75, 3.05) is 6.61 Å². The lowest BCUT2D eigenvalue weighted by molar-refractivity contribution is -0.149. The molecular formula is C19H22O7. The zero-order valence-corrected chi connectivity index (χ0v) is 14.5. The van der Waals surface area contributed by atoms with E-state index in [1.165, 1.54) is 0 Å². The smallest absolute Gasteiger partial charge is 0.334 e. The van der Waals surface area contributed by atoms with Crippen molar-refractivity contribution in [1.29, 1.82) is 0 Å². The lowest BCUT2D eigenvalue weighted by atomic mass is 9.78. The van der Waals surface area contributed by atoms with E-state index in [4.69, 9.17) is 14.2 Å². The molecule has 2 saturated carbocycles. The first-order valence-corrected chi connectivity index (χ1v) is 8.63. The van der Waals surface area contributed by atoms with Gasteiger partial charge in [-0.15, -0.1) is 0 Å². The van der Waals surface area contributed by atoms with Gasteiger partial charge in [0.25, 0.3) is 0 Å². The molecule has 26 heavy (non-hydrogen) atoms. The molecule has 2 aliphatic heterocycles. The third-order valence-corrected chi connectivity index (χ3v) is 6.18. The van der Waals surface area contributed by atoms with Crippen molar-refractivity contribution in [1.82, 2.24) is 0 Å². The molecule has 0 amide bonds. The number of fused-ring (bicyclic) bond motifs is 4. The summed E-state index contributed by atoms with van der Waals surface area (Å²) in [5, 5.41) is 21.1. The highest BCUT2D eigenvalue weighted by Crippen LogP contribution is 2.60. The topological polar surface area (TPSA) is 106 Å². The Hall–Kier alpha value is -1.96. The Morgan fingerprint density at radius 3 is 2.54 bits per heavy atom. The van der Waals surface area contributed by atoms with Gasteiger partial charge in [-0.2, -0.15) is 0 Å². The average Bonchev–Trinajstić information content (AvgIpc) is 3.28. The molecular weight excluding hydrogens is 340 g/mol. The molecule has 140 valence electrons. The first-order valence-electron chi connectivity index (χ1n) is 8.63. The monoisotopic (exact) mass is 362 g/mol. The lowest BCUT2D eigenvalue weighted by Crippen LogP contribution is -2.43. The first-order chi connectivity index (χ1) is 12.2. The van der Waals surface area contributed by atoms with Crippen molar-refractivity contribution < 1.29 is 34.0 Å². The second-order valence-corrected chi connectivity index (χ2v) is 7.74. The minimum absolute atomic E-state index is 0.217. The Morgan fingerprint density at radius 2 is 1.96 bits per heavy atom. The highest BCUT2D eigenvalue weighted by Gasteiger charge is 2.74. The lowest BCUT2D eigenvalue weighted by Gasteiger charge is -2.30. The molecule has 1 spiro atoms. The summed E-state index contributed by atoms with van der Waals surface area (Å²) in [4.78, 5) is 24.3. The second-order valence-electron chi connectivity index (χ2n) is 7.74. The highest BCUT2D eigenvalue weighted by atomic mass is 16.6. The molecule has 2 aliphatic carbocycles. The van der Waals surface area contributed by atoms with E-state index in [0.717, 1.165) is 0 Å². The Labute approximate surface area is 150 Å². The summed E-state index contributed by atoms with van der Waals surface area (Å²) >= 11 is 0. The van der Waals surface area contributed by atoms with Crippen LogP contribution in [0.15, 0.2) is 36.5 Å². The zero-order chi connectivity index (χ0) is 19.0. The van der Waals surface area contributed by atoms with Gasteiger partial charge in [0.2, 0.25) is 0 Å². The van der Waals surface area contributed by atoms with E-state index in [0.29, 0.717) is 5.57 Å². The minimum atomic E-state index is -1.09. The van der Waals surface area contributed by atoms with Gasteiger partial charge in [0.1, 0.15) is 23.9 Å². The molecule has 0 aromatic rings. The number of aliphatic hydroxyl groups is 2. The van der Waals surface area contributed by atoms with Crippen molar-refractivity contribution in [3.8, 4) is 0 Å². The Morgan fingerprint density at radius 1 is 1.31 bits per heavy atom. The van der Waals surface area contributed by atoms with Gasteiger partial charge in [0, 0.05) is 29.4 Å². The molecule has 0 aromatic heterocycles. The Kier molecular flexibility index (Phi) is 3.70. The molecule has 2 heterocycles. The van der Waals surface area contributed by atoms with Gasteiger partial charge in [-0.1, -0.05) is 25.3 Å². The first kappa shape index (κ1) is 17.5. The fourth-order valence-electron chi connectivity index (χ4n) is 4.84. The van der Waals surface area contributed by atoms with E-state index >= 15 is 0 Å². The summed E-state index contributed by atoms with van der Waals surface area (Å²) < 4.78 is 16.7. The van der Waals surface area contributed by atoms with Crippen LogP contribution >= 0.6 is 0 Å². The number of aliphatic hydroxyl groups excluding tert-OH is 2. The van der Waals surface area contributed by atoms with Gasteiger partial charge in [-0.3, -0.25) is 0 Å².